The minimum absolute atomic E-state index is 0.0169. The third-order valence-electron chi connectivity index (χ3n) is 5.03. The van der Waals surface area contributed by atoms with Gasteiger partial charge in [-0.25, -0.2) is 0 Å². The first kappa shape index (κ1) is 24.5. The summed E-state index contributed by atoms with van der Waals surface area (Å²) in [5.74, 6) is 0.367. The Kier molecular flexibility index (Phi) is 8.15. The van der Waals surface area contributed by atoms with Crippen molar-refractivity contribution < 1.29 is 9.53 Å². The minimum Gasteiger partial charge on any atom is -0.424 e. The topological polar surface area (TPSA) is 102 Å². The summed E-state index contributed by atoms with van der Waals surface area (Å²) in [7, 11) is 0. The summed E-state index contributed by atoms with van der Waals surface area (Å²) in [6.45, 7) is 0. The van der Waals surface area contributed by atoms with Gasteiger partial charge < -0.3 is 21.1 Å². The normalized spacial score (nSPS) is 11.4. The molecule has 0 aliphatic carbocycles. The van der Waals surface area contributed by atoms with E-state index in [1.807, 2.05) is 66.7 Å². The van der Waals surface area contributed by atoms with Crippen LogP contribution >= 0.6 is 28.1 Å². The highest BCUT2D eigenvalue weighted by atomic mass is 79.9. The van der Waals surface area contributed by atoms with Gasteiger partial charge in [0, 0.05) is 16.1 Å². The van der Waals surface area contributed by atoms with Crippen molar-refractivity contribution in [1.82, 2.24) is 10.2 Å². The van der Waals surface area contributed by atoms with Gasteiger partial charge in [-0.1, -0.05) is 76.6 Å². The predicted molar refractivity (Wildman–Crippen MR) is 145 cm³/mol. The first-order valence-corrected chi connectivity index (χ1v) is 12.0. The molecule has 4 aromatic rings. The molecule has 0 amide bonds. The molecule has 4 N–H and O–H groups in total. The van der Waals surface area contributed by atoms with E-state index in [0.717, 1.165) is 21.3 Å². The Bertz CT molecular complexity index is 1320. The first-order chi connectivity index (χ1) is 17.0. The number of nitrogens with zero attached hydrogens (tertiary/aromatic N) is 2. The molecule has 9 heteroatoms. The number of esters is 1. The zero-order valence-corrected chi connectivity index (χ0v) is 20.9. The number of rotatable bonds is 7. The number of nitrogens with one attached hydrogen (secondary N) is 2. The van der Waals surface area contributed by atoms with Gasteiger partial charge in [0.2, 0.25) is 0 Å². The molecule has 0 saturated heterocycles. The van der Waals surface area contributed by atoms with Crippen molar-refractivity contribution in [3.8, 4) is 17.0 Å². The number of aromatic nitrogens is 2. The molecule has 1 unspecified atom stereocenters. The maximum Gasteiger partial charge on any atom is 0.313 e. The average Bonchev–Trinajstić information content (AvgIpc) is 2.86. The molecule has 7 nitrogen and oxygen atoms in total. The summed E-state index contributed by atoms with van der Waals surface area (Å²) in [6.07, 6.45) is 0.0169. The van der Waals surface area contributed by atoms with Gasteiger partial charge in [-0.15, -0.1) is 10.2 Å². The Morgan fingerprint density at radius 1 is 0.914 bits per heavy atom. The Hall–Kier alpha value is -3.66. The molecule has 3 aromatic carbocycles. The van der Waals surface area contributed by atoms with E-state index in [4.69, 9.17) is 22.7 Å². The van der Waals surface area contributed by atoms with E-state index < -0.39 is 12.0 Å². The number of ether oxygens (including phenoxy) is 1. The van der Waals surface area contributed by atoms with Crippen LogP contribution in [0.2, 0.25) is 0 Å². The zero-order chi connectivity index (χ0) is 24.6. The van der Waals surface area contributed by atoms with Gasteiger partial charge in [0.05, 0.1) is 17.8 Å². The van der Waals surface area contributed by atoms with Crippen molar-refractivity contribution in [3.05, 3.63) is 101 Å². The number of benzene rings is 3. The van der Waals surface area contributed by atoms with Crippen LogP contribution in [0.1, 0.15) is 18.0 Å². The number of hydrogen-bond donors (Lipinski definition) is 3. The Balaban J connectivity index is 1.37. The molecule has 0 spiro atoms. The van der Waals surface area contributed by atoms with Gasteiger partial charge in [0.15, 0.2) is 16.7 Å². The third-order valence-corrected chi connectivity index (χ3v) is 5.95. The zero-order valence-electron chi connectivity index (χ0n) is 18.5. The molecule has 0 radical (unpaired) electrons. The molecule has 1 aromatic heterocycles. The quantitative estimate of drug-likeness (QED) is 0.153. The van der Waals surface area contributed by atoms with Gasteiger partial charge >= 0.3 is 5.97 Å². The van der Waals surface area contributed by atoms with Gasteiger partial charge in [0.25, 0.3) is 0 Å². The molecule has 1 atom stereocenters. The van der Waals surface area contributed by atoms with Crippen molar-refractivity contribution in [2.75, 3.05) is 10.6 Å². The molecule has 1 heterocycles. The summed E-state index contributed by atoms with van der Waals surface area (Å²) in [4.78, 5) is 12.6. The van der Waals surface area contributed by atoms with Crippen LogP contribution in [-0.2, 0) is 4.79 Å². The van der Waals surface area contributed by atoms with E-state index in [9.17, 15) is 4.79 Å². The molecule has 0 saturated carbocycles. The van der Waals surface area contributed by atoms with Crippen molar-refractivity contribution >= 4 is 50.7 Å². The van der Waals surface area contributed by atoms with Gasteiger partial charge in [-0.3, -0.25) is 4.79 Å². The van der Waals surface area contributed by atoms with Crippen LogP contribution in [0.15, 0.2) is 95.5 Å². The number of para-hydroxylation sites is 2. The lowest BCUT2D eigenvalue weighted by Gasteiger charge is -2.16. The maximum absolute atomic E-state index is 12.6. The lowest BCUT2D eigenvalue weighted by molar-refractivity contribution is -0.134. The number of halogens is 1. The SMILES string of the molecule is NC(CC(=O)Oc1ccccc1NC(=S)Nc1ccc(-c2ccccc2)nn1)c1ccccc1Br. The molecule has 0 fully saturated rings. The first-order valence-electron chi connectivity index (χ1n) is 10.8. The summed E-state index contributed by atoms with van der Waals surface area (Å²) in [5, 5.41) is 14.7. The summed E-state index contributed by atoms with van der Waals surface area (Å²) in [5.41, 5.74) is 9.31. The Morgan fingerprint density at radius 2 is 1.63 bits per heavy atom. The van der Waals surface area contributed by atoms with Crippen LogP contribution in [0.4, 0.5) is 11.5 Å². The van der Waals surface area contributed by atoms with Crippen LogP contribution < -0.4 is 21.1 Å². The molecule has 0 bridgehead atoms. The third kappa shape index (κ3) is 6.69. The number of anilines is 2. The molecule has 0 aliphatic heterocycles. The largest absolute Gasteiger partial charge is 0.424 e. The minimum atomic E-state index is -0.502. The second-order valence-electron chi connectivity index (χ2n) is 7.55. The van der Waals surface area contributed by atoms with Crippen molar-refractivity contribution in [2.24, 2.45) is 5.73 Å². The van der Waals surface area contributed by atoms with Crippen LogP contribution in [-0.4, -0.2) is 21.3 Å². The van der Waals surface area contributed by atoms with Crippen molar-refractivity contribution in [3.63, 3.8) is 0 Å². The molecule has 176 valence electrons. The molecular weight excluding hydrogens is 526 g/mol. The van der Waals surface area contributed by atoms with Crippen molar-refractivity contribution in [1.29, 1.82) is 0 Å². The monoisotopic (exact) mass is 547 g/mol. The fourth-order valence-electron chi connectivity index (χ4n) is 3.32. The van der Waals surface area contributed by atoms with E-state index >= 15 is 0 Å². The van der Waals surface area contributed by atoms with Gasteiger partial charge in [-0.05, 0) is 48.1 Å². The second kappa shape index (κ2) is 11.7. The smallest absolute Gasteiger partial charge is 0.313 e. The number of carbonyl (C=O) groups excluding carboxylic acids is 1. The summed E-state index contributed by atoms with van der Waals surface area (Å²) < 4.78 is 6.43. The van der Waals surface area contributed by atoms with Crippen LogP contribution in [0.3, 0.4) is 0 Å². The predicted octanol–water partition coefficient (Wildman–Crippen LogP) is 5.71. The van der Waals surface area contributed by atoms with Gasteiger partial charge in [-0.2, -0.15) is 0 Å². The number of carbonyl (C=O) groups is 1. The van der Waals surface area contributed by atoms with Crippen LogP contribution in [0, 0.1) is 0 Å². The fraction of sp³-hybridized carbons (Fsp3) is 0.0769. The molecule has 35 heavy (non-hydrogen) atoms. The van der Waals surface area contributed by atoms with Gasteiger partial charge in [0.1, 0.15) is 0 Å². The lowest BCUT2D eigenvalue weighted by atomic mass is 10.1. The van der Waals surface area contributed by atoms with E-state index in [1.165, 1.54) is 0 Å². The lowest BCUT2D eigenvalue weighted by Crippen LogP contribution is -2.22. The van der Waals surface area contributed by atoms with E-state index in [1.54, 1.807) is 24.3 Å². The second-order valence-corrected chi connectivity index (χ2v) is 8.81. The average molecular weight is 548 g/mol. The Morgan fingerprint density at radius 3 is 2.37 bits per heavy atom. The number of hydrogen-bond acceptors (Lipinski definition) is 6. The Labute approximate surface area is 216 Å². The van der Waals surface area contributed by atoms with E-state index in [2.05, 4.69) is 36.8 Å². The highest BCUT2D eigenvalue weighted by Gasteiger charge is 2.17. The van der Waals surface area contributed by atoms with Crippen LogP contribution in [0.5, 0.6) is 5.75 Å². The number of nitrogens with two attached hydrogens (primary N) is 1. The molecule has 4 rings (SSSR count). The van der Waals surface area contributed by atoms with E-state index in [-0.39, 0.29) is 11.5 Å². The highest BCUT2D eigenvalue weighted by molar-refractivity contribution is 9.10. The van der Waals surface area contributed by atoms with Crippen LogP contribution in [0.25, 0.3) is 11.3 Å². The molecular formula is C26H22BrN5O2S. The molecule has 0 aliphatic rings. The van der Waals surface area contributed by atoms with Crippen molar-refractivity contribution in [2.45, 2.75) is 12.5 Å². The standard InChI is InChI=1S/C26H22BrN5O2S/c27-19-11-5-4-10-18(19)20(28)16-25(33)34-23-13-7-6-12-22(23)29-26(35)30-24-15-14-21(31-32-24)17-8-2-1-3-9-17/h1-15,20H,16,28H2,(H2,29,30,32,35). The fourth-order valence-corrected chi connectivity index (χ4v) is 4.11. The highest BCUT2D eigenvalue weighted by Crippen LogP contribution is 2.27. The van der Waals surface area contributed by atoms with E-state index in [0.29, 0.717) is 17.3 Å². The summed E-state index contributed by atoms with van der Waals surface area (Å²) in [6, 6.07) is 27.5. The maximum atomic E-state index is 12.6. The number of thiocarbonyl (C=S) groups is 1. The summed E-state index contributed by atoms with van der Waals surface area (Å²) >= 11 is 8.87.